The zero-order valence-corrected chi connectivity index (χ0v) is 13.0. The van der Waals surface area contributed by atoms with Crippen molar-refractivity contribution in [3.8, 4) is 0 Å². The van der Waals surface area contributed by atoms with E-state index in [1.807, 2.05) is 13.8 Å². The summed E-state index contributed by atoms with van der Waals surface area (Å²) in [5.41, 5.74) is 7.66. The number of nitrogen functional groups attached to an aromatic ring is 1. The lowest BCUT2D eigenvalue weighted by Crippen LogP contribution is -2.13. The van der Waals surface area contributed by atoms with Gasteiger partial charge in [-0.2, -0.15) is 0 Å². The van der Waals surface area contributed by atoms with Crippen LogP contribution < -0.4 is 11.1 Å². The summed E-state index contributed by atoms with van der Waals surface area (Å²) >= 11 is 0. The average molecular weight is 262 g/mol. The summed E-state index contributed by atoms with van der Waals surface area (Å²) in [5.74, 6) is 2.95. The quantitative estimate of drug-likeness (QED) is 0.875. The molecule has 0 aromatic carbocycles. The van der Waals surface area contributed by atoms with E-state index in [4.69, 9.17) is 5.73 Å². The van der Waals surface area contributed by atoms with Crippen molar-refractivity contribution in [1.29, 1.82) is 0 Å². The molecule has 0 saturated heterocycles. The molecule has 0 atom stereocenters. The van der Waals surface area contributed by atoms with Gasteiger partial charge in [0, 0.05) is 18.5 Å². The topological polar surface area (TPSA) is 63.8 Å². The van der Waals surface area contributed by atoms with Crippen LogP contribution in [0.1, 0.15) is 46.0 Å². The summed E-state index contributed by atoms with van der Waals surface area (Å²) in [6.07, 6.45) is 0.805. The van der Waals surface area contributed by atoms with Gasteiger partial charge < -0.3 is 11.1 Å². The van der Waals surface area contributed by atoms with Crippen molar-refractivity contribution in [2.75, 3.05) is 17.6 Å². The highest BCUT2D eigenvalue weighted by atomic mass is 15.1. The largest absolute Gasteiger partial charge is 0.383 e. The summed E-state index contributed by atoms with van der Waals surface area (Å²) < 4.78 is 0. The Morgan fingerprint density at radius 3 is 2.21 bits per heavy atom. The van der Waals surface area contributed by atoms with E-state index in [9.17, 15) is 0 Å². The normalized spacial score (nSPS) is 20.3. The van der Waals surface area contributed by atoms with Crippen molar-refractivity contribution >= 4 is 11.6 Å². The number of nitrogens with two attached hydrogens (primary N) is 1. The number of hydrogen-bond donors (Lipinski definition) is 2. The van der Waals surface area contributed by atoms with Crippen LogP contribution in [0.4, 0.5) is 11.6 Å². The SMILES string of the molecule is CCc1nc(N)c(C)c(NCC2C(C)(C)C2(C)C)n1. The van der Waals surface area contributed by atoms with E-state index >= 15 is 0 Å². The van der Waals surface area contributed by atoms with Crippen molar-refractivity contribution < 1.29 is 0 Å². The molecule has 0 spiro atoms. The molecule has 0 bridgehead atoms. The number of aryl methyl sites for hydroxylation is 1. The molecule has 19 heavy (non-hydrogen) atoms. The molecule has 1 fully saturated rings. The molecule has 1 heterocycles. The zero-order valence-electron chi connectivity index (χ0n) is 13.0. The molecule has 2 rings (SSSR count). The molecule has 0 radical (unpaired) electrons. The second-order valence-electron chi connectivity index (χ2n) is 6.73. The summed E-state index contributed by atoms with van der Waals surface area (Å²) in [7, 11) is 0. The van der Waals surface area contributed by atoms with Gasteiger partial charge in [-0.15, -0.1) is 0 Å². The second-order valence-corrected chi connectivity index (χ2v) is 6.73. The Morgan fingerprint density at radius 2 is 1.74 bits per heavy atom. The molecular weight excluding hydrogens is 236 g/mol. The lowest BCUT2D eigenvalue weighted by Gasteiger charge is -2.12. The predicted molar refractivity (Wildman–Crippen MR) is 80.1 cm³/mol. The maximum Gasteiger partial charge on any atom is 0.134 e. The number of nitrogens with zero attached hydrogens (tertiary/aromatic N) is 2. The Bertz CT molecular complexity index is 477. The highest BCUT2D eigenvalue weighted by Gasteiger charge is 2.64. The summed E-state index contributed by atoms with van der Waals surface area (Å²) in [6, 6.07) is 0. The third-order valence-corrected chi connectivity index (χ3v) is 5.34. The van der Waals surface area contributed by atoms with E-state index in [0.717, 1.165) is 30.2 Å². The Morgan fingerprint density at radius 1 is 1.16 bits per heavy atom. The lowest BCUT2D eigenvalue weighted by atomic mass is 10.0. The first-order chi connectivity index (χ1) is 8.71. The molecule has 1 saturated carbocycles. The Labute approximate surface area is 116 Å². The van der Waals surface area contributed by atoms with Crippen LogP contribution in [0.15, 0.2) is 0 Å². The third-order valence-electron chi connectivity index (χ3n) is 5.34. The minimum atomic E-state index is 0.389. The fraction of sp³-hybridized carbons (Fsp3) is 0.733. The van der Waals surface area contributed by atoms with Gasteiger partial charge in [0.25, 0.3) is 0 Å². The molecular formula is C15H26N4. The molecule has 0 unspecified atom stereocenters. The van der Waals surface area contributed by atoms with Crippen molar-refractivity contribution in [3.05, 3.63) is 11.4 Å². The van der Waals surface area contributed by atoms with Gasteiger partial charge in [0.1, 0.15) is 17.5 Å². The zero-order chi connectivity index (χ0) is 14.4. The molecule has 3 N–H and O–H groups in total. The predicted octanol–water partition coefficient (Wildman–Crippen LogP) is 3.02. The van der Waals surface area contributed by atoms with Gasteiger partial charge in [-0.25, -0.2) is 9.97 Å². The van der Waals surface area contributed by atoms with Crippen LogP contribution in [0, 0.1) is 23.7 Å². The van der Waals surface area contributed by atoms with Gasteiger partial charge in [0.2, 0.25) is 0 Å². The van der Waals surface area contributed by atoms with E-state index in [1.54, 1.807) is 0 Å². The van der Waals surface area contributed by atoms with Gasteiger partial charge in [0.05, 0.1) is 0 Å². The van der Waals surface area contributed by atoms with E-state index in [-0.39, 0.29) is 0 Å². The highest BCUT2D eigenvalue weighted by molar-refractivity contribution is 5.55. The molecule has 1 aliphatic carbocycles. The average Bonchev–Trinajstić information content (AvgIpc) is 2.72. The van der Waals surface area contributed by atoms with Crippen LogP contribution in [-0.2, 0) is 6.42 Å². The first kappa shape index (κ1) is 14.1. The molecule has 0 aliphatic heterocycles. The van der Waals surface area contributed by atoms with Gasteiger partial charge in [-0.3, -0.25) is 0 Å². The first-order valence-electron chi connectivity index (χ1n) is 7.08. The summed E-state index contributed by atoms with van der Waals surface area (Å²) in [4.78, 5) is 8.82. The van der Waals surface area contributed by atoms with Crippen molar-refractivity contribution in [2.45, 2.75) is 48.0 Å². The molecule has 4 nitrogen and oxygen atoms in total. The number of hydrogen-bond acceptors (Lipinski definition) is 4. The van der Waals surface area contributed by atoms with Gasteiger partial charge in [0.15, 0.2) is 0 Å². The second kappa shape index (κ2) is 4.36. The third kappa shape index (κ3) is 2.17. The number of aromatic nitrogens is 2. The maximum absolute atomic E-state index is 5.93. The fourth-order valence-electron chi connectivity index (χ4n) is 2.95. The summed E-state index contributed by atoms with van der Waals surface area (Å²) in [5, 5.41) is 3.47. The minimum Gasteiger partial charge on any atom is -0.383 e. The van der Waals surface area contributed by atoms with Crippen LogP contribution in [0.25, 0.3) is 0 Å². The highest BCUT2D eigenvalue weighted by Crippen LogP contribution is 2.68. The van der Waals surface area contributed by atoms with E-state index < -0.39 is 0 Å². The fourth-order valence-corrected chi connectivity index (χ4v) is 2.95. The Hall–Kier alpha value is -1.32. The lowest BCUT2D eigenvalue weighted by molar-refractivity contribution is 0.457. The van der Waals surface area contributed by atoms with Gasteiger partial charge in [-0.1, -0.05) is 34.6 Å². The number of anilines is 2. The van der Waals surface area contributed by atoms with Crippen LogP contribution in [-0.4, -0.2) is 16.5 Å². The summed E-state index contributed by atoms with van der Waals surface area (Å²) in [6.45, 7) is 14.3. The van der Waals surface area contributed by atoms with E-state index in [2.05, 4.69) is 43.0 Å². The molecule has 1 aromatic rings. The molecule has 4 heteroatoms. The minimum absolute atomic E-state index is 0.389. The van der Waals surface area contributed by atoms with Crippen molar-refractivity contribution in [1.82, 2.24) is 9.97 Å². The van der Waals surface area contributed by atoms with Crippen LogP contribution >= 0.6 is 0 Å². The standard InChI is InChI=1S/C15H26N4/c1-7-11-18-12(16)9(2)13(19-11)17-8-10-14(3,4)15(10,5)6/h10H,7-8H2,1-6H3,(H3,16,17,18,19). The Balaban J connectivity index is 2.11. The van der Waals surface area contributed by atoms with Gasteiger partial charge in [-0.05, 0) is 23.7 Å². The first-order valence-corrected chi connectivity index (χ1v) is 7.08. The Kier molecular flexibility index (Phi) is 3.23. The molecule has 1 aliphatic rings. The van der Waals surface area contributed by atoms with Gasteiger partial charge >= 0.3 is 0 Å². The van der Waals surface area contributed by atoms with Crippen LogP contribution in [0.2, 0.25) is 0 Å². The monoisotopic (exact) mass is 262 g/mol. The van der Waals surface area contributed by atoms with E-state index in [1.165, 1.54) is 0 Å². The number of rotatable bonds is 4. The van der Waals surface area contributed by atoms with Crippen LogP contribution in [0.5, 0.6) is 0 Å². The molecule has 106 valence electrons. The van der Waals surface area contributed by atoms with Crippen molar-refractivity contribution in [3.63, 3.8) is 0 Å². The smallest absolute Gasteiger partial charge is 0.134 e. The van der Waals surface area contributed by atoms with E-state index in [0.29, 0.717) is 22.6 Å². The molecule has 0 amide bonds. The van der Waals surface area contributed by atoms with Crippen molar-refractivity contribution in [2.24, 2.45) is 16.7 Å². The van der Waals surface area contributed by atoms with Crippen LogP contribution in [0.3, 0.4) is 0 Å². The molecule has 1 aromatic heterocycles. The maximum atomic E-state index is 5.93. The number of nitrogens with one attached hydrogen (secondary N) is 1.